The molecular formula is C19H22N4O2S. The Hall–Kier alpha value is -2.25. The summed E-state index contributed by atoms with van der Waals surface area (Å²) in [6.45, 7) is 4.96. The minimum Gasteiger partial charge on any atom is -0.478 e. The largest absolute Gasteiger partial charge is 0.478 e. The number of thiazole rings is 1. The fourth-order valence-corrected chi connectivity index (χ4v) is 4.58. The lowest BCUT2D eigenvalue weighted by Crippen LogP contribution is -2.22. The standard InChI is InChI=1S/C19H22N4O2S/c1-12-11-26-18(20-12)7-13-5-6-23(9-13)10-17-21-15-8-14(19(24)25)3-4-16(15)22(17)2/h3-4,8,11,13H,5-7,9-10H2,1-2H3,(H,24,25). The number of aryl methyl sites for hydroxylation is 2. The highest BCUT2D eigenvalue weighted by Crippen LogP contribution is 2.25. The molecule has 26 heavy (non-hydrogen) atoms. The van der Waals surface area contributed by atoms with Gasteiger partial charge in [-0.1, -0.05) is 0 Å². The van der Waals surface area contributed by atoms with Gasteiger partial charge in [-0.05, 0) is 44.0 Å². The van der Waals surface area contributed by atoms with Crippen LogP contribution >= 0.6 is 11.3 Å². The Morgan fingerprint density at radius 2 is 2.23 bits per heavy atom. The number of carbonyl (C=O) groups is 1. The molecule has 136 valence electrons. The Labute approximate surface area is 156 Å². The molecule has 1 atom stereocenters. The Kier molecular flexibility index (Phi) is 4.50. The summed E-state index contributed by atoms with van der Waals surface area (Å²) < 4.78 is 2.07. The molecule has 1 unspecified atom stereocenters. The Bertz CT molecular complexity index is 962. The number of hydrogen-bond acceptors (Lipinski definition) is 5. The predicted molar refractivity (Wildman–Crippen MR) is 102 cm³/mol. The van der Waals surface area contributed by atoms with E-state index in [1.54, 1.807) is 23.5 Å². The van der Waals surface area contributed by atoms with Crippen LogP contribution in [0.5, 0.6) is 0 Å². The molecule has 0 bridgehead atoms. The summed E-state index contributed by atoms with van der Waals surface area (Å²) in [7, 11) is 2.00. The van der Waals surface area contributed by atoms with Crippen molar-refractivity contribution in [1.29, 1.82) is 0 Å². The normalized spacial score (nSPS) is 18.0. The van der Waals surface area contributed by atoms with Gasteiger partial charge in [-0.25, -0.2) is 14.8 Å². The number of likely N-dealkylation sites (tertiary alicyclic amines) is 1. The molecule has 1 N–H and O–H groups in total. The van der Waals surface area contributed by atoms with E-state index in [1.165, 1.54) is 11.4 Å². The monoisotopic (exact) mass is 370 g/mol. The van der Waals surface area contributed by atoms with Crippen LogP contribution in [-0.2, 0) is 20.0 Å². The number of aromatic nitrogens is 3. The number of imidazole rings is 1. The van der Waals surface area contributed by atoms with Crippen molar-refractivity contribution < 1.29 is 9.90 Å². The van der Waals surface area contributed by atoms with Crippen LogP contribution in [0, 0.1) is 12.8 Å². The van der Waals surface area contributed by atoms with Crippen molar-refractivity contribution in [3.8, 4) is 0 Å². The maximum absolute atomic E-state index is 11.2. The molecule has 1 fully saturated rings. The molecule has 0 amide bonds. The molecule has 3 aromatic rings. The smallest absolute Gasteiger partial charge is 0.335 e. The van der Waals surface area contributed by atoms with Gasteiger partial charge in [0.15, 0.2) is 0 Å². The second-order valence-electron chi connectivity index (χ2n) is 7.07. The number of nitrogens with zero attached hydrogens (tertiary/aromatic N) is 4. The van der Waals surface area contributed by atoms with Crippen molar-refractivity contribution in [2.45, 2.75) is 26.3 Å². The quantitative estimate of drug-likeness (QED) is 0.747. The van der Waals surface area contributed by atoms with Gasteiger partial charge in [-0.2, -0.15) is 0 Å². The Balaban J connectivity index is 1.45. The Morgan fingerprint density at radius 3 is 2.96 bits per heavy atom. The highest BCUT2D eigenvalue weighted by atomic mass is 32.1. The lowest BCUT2D eigenvalue weighted by molar-refractivity contribution is 0.0697. The van der Waals surface area contributed by atoms with Crippen LogP contribution in [0.15, 0.2) is 23.6 Å². The molecule has 1 aromatic carbocycles. The van der Waals surface area contributed by atoms with Gasteiger partial charge in [0.25, 0.3) is 0 Å². The number of fused-ring (bicyclic) bond motifs is 1. The first kappa shape index (κ1) is 17.2. The maximum atomic E-state index is 11.2. The van der Waals surface area contributed by atoms with Gasteiger partial charge in [0.2, 0.25) is 0 Å². The summed E-state index contributed by atoms with van der Waals surface area (Å²) in [4.78, 5) is 22.9. The minimum atomic E-state index is -0.918. The first-order valence-electron chi connectivity index (χ1n) is 8.81. The molecule has 1 aliphatic heterocycles. The van der Waals surface area contributed by atoms with Crippen molar-refractivity contribution >= 4 is 28.3 Å². The third-order valence-electron chi connectivity index (χ3n) is 5.09. The van der Waals surface area contributed by atoms with E-state index in [1.807, 2.05) is 20.0 Å². The summed E-state index contributed by atoms with van der Waals surface area (Å²) in [6.07, 6.45) is 2.24. The minimum absolute atomic E-state index is 0.280. The third-order valence-corrected chi connectivity index (χ3v) is 6.07. The van der Waals surface area contributed by atoms with Crippen LogP contribution in [0.4, 0.5) is 0 Å². The fourth-order valence-electron chi connectivity index (χ4n) is 3.69. The van der Waals surface area contributed by atoms with Gasteiger partial charge in [-0.3, -0.25) is 4.90 Å². The average Bonchev–Trinajstić information content (AvgIpc) is 3.29. The third kappa shape index (κ3) is 3.37. The predicted octanol–water partition coefficient (Wildman–Crippen LogP) is 3.10. The van der Waals surface area contributed by atoms with E-state index in [9.17, 15) is 4.79 Å². The van der Waals surface area contributed by atoms with Crippen molar-refractivity contribution in [2.24, 2.45) is 13.0 Å². The molecular weight excluding hydrogens is 348 g/mol. The van der Waals surface area contributed by atoms with E-state index < -0.39 is 5.97 Å². The van der Waals surface area contributed by atoms with Crippen molar-refractivity contribution in [2.75, 3.05) is 13.1 Å². The number of rotatable bonds is 5. The zero-order valence-electron chi connectivity index (χ0n) is 15.0. The topological polar surface area (TPSA) is 71.2 Å². The highest BCUT2D eigenvalue weighted by Gasteiger charge is 2.25. The summed E-state index contributed by atoms with van der Waals surface area (Å²) in [6, 6.07) is 5.13. The van der Waals surface area contributed by atoms with E-state index in [-0.39, 0.29) is 5.56 Å². The highest BCUT2D eigenvalue weighted by molar-refractivity contribution is 7.09. The molecule has 1 saturated heterocycles. The van der Waals surface area contributed by atoms with Crippen LogP contribution < -0.4 is 0 Å². The number of benzene rings is 1. The zero-order chi connectivity index (χ0) is 18.3. The number of carboxylic acids is 1. The summed E-state index contributed by atoms with van der Waals surface area (Å²) >= 11 is 1.76. The van der Waals surface area contributed by atoms with E-state index in [0.29, 0.717) is 5.92 Å². The summed E-state index contributed by atoms with van der Waals surface area (Å²) in [5.41, 5.74) is 3.11. The molecule has 0 radical (unpaired) electrons. The second-order valence-corrected chi connectivity index (χ2v) is 8.01. The molecule has 4 rings (SSSR count). The fraction of sp³-hybridized carbons (Fsp3) is 0.421. The van der Waals surface area contributed by atoms with E-state index in [0.717, 1.165) is 48.6 Å². The van der Waals surface area contributed by atoms with Crippen LogP contribution in [0.2, 0.25) is 0 Å². The molecule has 1 aliphatic rings. The molecule has 0 aliphatic carbocycles. The van der Waals surface area contributed by atoms with Crippen molar-refractivity contribution in [3.63, 3.8) is 0 Å². The van der Waals surface area contributed by atoms with E-state index >= 15 is 0 Å². The van der Waals surface area contributed by atoms with Crippen molar-refractivity contribution in [1.82, 2.24) is 19.4 Å². The van der Waals surface area contributed by atoms with Gasteiger partial charge >= 0.3 is 5.97 Å². The molecule has 6 nitrogen and oxygen atoms in total. The van der Waals surface area contributed by atoms with Gasteiger partial charge in [-0.15, -0.1) is 11.3 Å². The van der Waals surface area contributed by atoms with Crippen LogP contribution in [0.25, 0.3) is 11.0 Å². The summed E-state index contributed by atoms with van der Waals surface area (Å²) in [5.74, 6) is 0.709. The van der Waals surface area contributed by atoms with Gasteiger partial charge in [0, 0.05) is 31.1 Å². The molecule has 0 spiro atoms. The van der Waals surface area contributed by atoms with Gasteiger partial charge in [0.05, 0.1) is 28.1 Å². The van der Waals surface area contributed by atoms with Crippen molar-refractivity contribution in [3.05, 3.63) is 45.7 Å². The Morgan fingerprint density at radius 1 is 1.38 bits per heavy atom. The second kappa shape index (κ2) is 6.81. The lowest BCUT2D eigenvalue weighted by Gasteiger charge is -2.15. The maximum Gasteiger partial charge on any atom is 0.335 e. The van der Waals surface area contributed by atoms with E-state index in [4.69, 9.17) is 5.11 Å². The molecule has 7 heteroatoms. The number of aromatic carboxylic acids is 1. The first-order chi connectivity index (χ1) is 12.5. The number of hydrogen-bond donors (Lipinski definition) is 1. The van der Waals surface area contributed by atoms with Crippen LogP contribution in [0.3, 0.4) is 0 Å². The average molecular weight is 370 g/mol. The SMILES string of the molecule is Cc1csc(CC2CCN(Cc3nc4cc(C(=O)O)ccc4n3C)C2)n1. The molecule has 3 heterocycles. The van der Waals surface area contributed by atoms with E-state index in [2.05, 4.69) is 24.8 Å². The van der Waals surface area contributed by atoms with Crippen LogP contribution in [0.1, 0.15) is 33.3 Å². The first-order valence-corrected chi connectivity index (χ1v) is 9.69. The zero-order valence-corrected chi connectivity index (χ0v) is 15.8. The number of carboxylic acid groups (broad SMARTS) is 1. The lowest BCUT2D eigenvalue weighted by atomic mass is 10.1. The summed E-state index contributed by atoms with van der Waals surface area (Å²) in [5, 5.41) is 12.5. The van der Waals surface area contributed by atoms with Crippen LogP contribution in [-0.4, -0.2) is 43.6 Å². The molecule has 0 saturated carbocycles. The molecule has 2 aromatic heterocycles. The van der Waals surface area contributed by atoms with Gasteiger partial charge in [0.1, 0.15) is 5.82 Å². The van der Waals surface area contributed by atoms with Gasteiger partial charge < -0.3 is 9.67 Å².